The molecule has 20 heavy (non-hydrogen) atoms. The van der Waals surface area contributed by atoms with Crippen LogP contribution in [0.5, 0.6) is 0 Å². The average Bonchev–Trinajstić information content (AvgIpc) is 2.89. The highest BCUT2D eigenvalue weighted by Crippen LogP contribution is 2.41. The van der Waals surface area contributed by atoms with Crippen LogP contribution >= 0.6 is 0 Å². The lowest BCUT2D eigenvalue weighted by Gasteiger charge is -2.32. The summed E-state index contributed by atoms with van der Waals surface area (Å²) in [5.74, 6) is 0.501. The van der Waals surface area contributed by atoms with E-state index in [0.29, 0.717) is 30.3 Å². The molecule has 1 saturated heterocycles. The zero-order valence-corrected chi connectivity index (χ0v) is 11.6. The van der Waals surface area contributed by atoms with Crippen LogP contribution in [-0.4, -0.2) is 17.1 Å². The number of rotatable bonds is 4. The molecule has 4 nitrogen and oxygen atoms in total. The van der Waals surface area contributed by atoms with E-state index in [1.807, 2.05) is 6.07 Å². The van der Waals surface area contributed by atoms with Crippen LogP contribution in [0.3, 0.4) is 0 Å². The number of hydrogen-bond donors (Lipinski definition) is 3. The summed E-state index contributed by atoms with van der Waals surface area (Å²) in [6.07, 6.45) is 4.54. The van der Waals surface area contributed by atoms with Crippen LogP contribution in [-0.2, 0) is 4.79 Å². The molecule has 3 N–H and O–H groups in total. The van der Waals surface area contributed by atoms with Crippen LogP contribution in [0.4, 0.5) is 0 Å². The van der Waals surface area contributed by atoms with E-state index in [0.717, 1.165) is 19.3 Å². The second kappa shape index (κ2) is 5.94. The largest absolute Gasteiger partial charge is 0.481 e. The van der Waals surface area contributed by atoms with Gasteiger partial charge >= 0.3 is 5.97 Å². The Morgan fingerprint density at radius 3 is 2.75 bits per heavy atom. The first kappa shape index (κ1) is 13.6. The standard InChI is InChI=1S/C16H22N2O2/c19-15(20)9-7-11-6-8-13-14(10-11)17-18-16(13)12-4-2-1-3-5-12/h1-5,11,13-14,16-18H,6-10H2,(H,19,20). The molecule has 4 atom stereocenters. The molecule has 1 saturated carbocycles. The summed E-state index contributed by atoms with van der Waals surface area (Å²) in [5.41, 5.74) is 8.21. The third-order valence-corrected chi connectivity index (χ3v) is 4.79. The molecule has 0 spiro atoms. The van der Waals surface area contributed by atoms with Gasteiger partial charge in [-0.3, -0.25) is 10.2 Å². The first-order chi connectivity index (χ1) is 9.74. The molecule has 0 aromatic heterocycles. The highest BCUT2D eigenvalue weighted by atomic mass is 16.4. The van der Waals surface area contributed by atoms with E-state index in [-0.39, 0.29) is 0 Å². The Morgan fingerprint density at radius 2 is 2.00 bits per heavy atom. The number of nitrogens with one attached hydrogen (secondary N) is 2. The van der Waals surface area contributed by atoms with Gasteiger partial charge in [0.1, 0.15) is 0 Å². The van der Waals surface area contributed by atoms with Crippen LogP contribution in [0, 0.1) is 11.8 Å². The summed E-state index contributed by atoms with van der Waals surface area (Å²) in [6, 6.07) is 11.4. The van der Waals surface area contributed by atoms with Crippen LogP contribution in [0.25, 0.3) is 0 Å². The van der Waals surface area contributed by atoms with Crippen LogP contribution in [0.2, 0.25) is 0 Å². The van der Waals surface area contributed by atoms with Crippen molar-refractivity contribution in [2.24, 2.45) is 11.8 Å². The molecule has 2 fully saturated rings. The van der Waals surface area contributed by atoms with E-state index < -0.39 is 5.97 Å². The van der Waals surface area contributed by atoms with E-state index in [9.17, 15) is 4.79 Å². The Kier molecular flexibility index (Phi) is 4.03. The normalized spacial score (nSPS) is 32.8. The minimum atomic E-state index is -0.674. The fraction of sp³-hybridized carbons (Fsp3) is 0.562. The van der Waals surface area contributed by atoms with Gasteiger partial charge in [-0.15, -0.1) is 0 Å². The van der Waals surface area contributed by atoms with Crippen LogP contribution < -0.4 is 10.9 Å². The van der Waals surface area contributed by atoms with Crippen molar-refractivity contribution in [1.29, 1.82) is 0 Å². The molecule has 2 aliphatic rings. The molecular formula is C16H22N2O2. The smallest absolute Gasteiger partial charge is 0.303 e. The molecule has 1 aromatic carbocycles. The lowest BCUT2D eigenvalue weighted by molar-refractivity contribution is -0.137. The van der Waals surface area contributed by atoms with E-state index in [1.165, 1.54) is 12.0 Å². The first-order valence-corrected chi connectivity index (χ1v) is 7.52. The number of carbonyl (C=O) groups is 1. The topological polar surface area (TPSA) is 61.4 Å². The predicted molar refractivity (Wildman–Crippen MR) is 76.9 cm³/mol. The van der Waals surface area contributed by atoms with E-state index in [1.54, 1.807) is 0 Å². The molecule has 1 heterocycles. The predicted octanol–water partition coefficient (Wildman–Crippen LogP) is 2.49. The summed E-state index contributed by atoms with van der Waals surface area (Å²) >= 11 is 0. The number of hydrazine groups is 1. The van der Waals surface area contributed by atoms with E-state index in [2.05, 4.69) is 35.1 Å². The summed E-state index contributed by atoms with van der Waals surface area (Å²) < 4.78 is 0. The summed E-state index contributed by atoms with van der Waals surface area (Å²) in [6.45, 7) is 0. The molecule has 4 unspecified atom stereocenters. The third kappa shape index (κ3) is 2.86. The fourth-order valence-corrected chi connectivity index (χ4v) is 3.73. The quantitative estimate of drug-likeness (QED) is 0.789. The number of fused-ring (bicyclic) bond motifs is 1. The second-order valence-corrected chi connectivity index (χ2v) is 6.06. The minimum Gasteiger partial charge on any atom is -0.481 e. The molecule has 108 valence electrons. The highest BCUT2D eigenvalue weighted by molar-refractivity contribution is 5.66. The number of carboxylic acids is 1. The molecule has 0 radical (unpaired) electrons. The van der Waals surface area contributed by atoms with Crippen LogP contribution in [0.1, 0.15) is 43.7 Å². The molecule has 1 aromatic rings. The number of benzene rings is 1. The van der Waals surface area contributed by atoms with Gasteiger partial charge in [-0.2, -0.15) is 0 Å². The second-order valence-electron chi connectivity index (χ2n) is 6.06. The Bertz CT molecular complexity index is 463. The van der Waals surface area contributed by atoms with Gasteiger partial charge in [0.15, 0.2) is 0 Å². The number of carboxylic acid groups (broad SMARTS) is 1. The Labute approximate surface area is 119 Å². The van der Waals surface area contributed by atoms with Crippen molar-refractivity contribution in [3.63, 3.8) is 0 Å². The lowest BCUT2D eigenvalue weighted by Crippen LogP contribution is -2.36. The molecular weight excluding hydrogens is 252 g/mol. The van der Waals surface area contributed by atoms with Crippen molar-refractivity contribution in [2.75, 3.05) is 0 Å². The minimum absolute atomic E-state index is 0.303. The van der Waals surface area contributed by atoms with Crippen molar-refractivity contribution < 1.29 is 9.90 Å². The van der Waals surface area contributed by atoms with Gasteiger partial charge in [-0.05, 0) is 43.1 Å². The summed E-state index contributed by atoms with van der Waals surface area (Å²) in [5, 5.41) is 8.79. The Hall–Kier alpha value is -1.39. The zero-order chi connectivity index (χ0) is 13.9. The monoisotopic (exact) mass is 274 g/mol. The summed E-state index contributed by atoms with van der Waals surface area (Å²) in [7, 11) is 0. The zero-order valence-electron chi connectivity index (χ0n) is 11.6. The van der Waals surface area contributed by atoms with Gasteiger partial charge in [0.2, 0.25) is 0 Å². The average molecular weight is 274 g/mol. The molecule has 1 aliphatic heterocycles. The van der Waals surface area contributed by atoms with Gasteiger partial charge in [-0.25, -0.2) is 5.43 Å². The first-order valence-electron chi connectivity index (χ1n) is 7.52. The molecule has 0 amide bonds. The van der Waals surface area contributed by atoms with E-state index >= 15 is 0 Å². The Balaban J connectivity index is 1.60. The van der Waals surface area contributed by atoms with Crippen LogP contribution in [0.15, 0.2) is 30.3 Å². The third-order valence-electron chi connectivity index (χ3n) is 4.79. The van der Waals surface area contributed by atoms with Crippen molar-refractivity contribution in [2.45, 2.75) is 44.2 Å². The molecule has 0 bridgehead atoms. The van der Waals surface area contributed by atoms with Crippen molar-refractivity contribution in [3.8, 4) is 0 Å². The lowest BCUT2D eigenvalue weighted by atomic mass is 9.74. The van der Waals surface area contributed by atoms with Crippen molar-refractivity contribution in [1.82, 2.24) is 10.9 Å². The van der Waals surface area contributed by atoms with Crippen molar-refractivity contribution >= 4 is 5.97 Å². The number of aliphatic carboxylic acids is 1. The summed E-state index contributed by atoms with van der Waals surface area (Å²) in [4.78, 5) is 10.7. The van der Waals surface area contributed by atoms with Gasteiger partial charge < -0.3 is 5.11 Å². The SMILES string of the molecule is O=C(O)CCC1CCC2C(C1)NNC2c1ccccc1. The number of hydrogen-bond acceptors (Lipinski definition) is 3. The van der Waals surface area contributed by atoms with Crippen molar-refractivity contribution in [3.05, 3.63) is 35.9 Å². The molecule has 1 aliphatic carbocycles. The maximum Gasteiger partial charge on any atom is 0.303 e. The molecule has 4 heteroatoms. The highest BCUT2D eigenvalue weighted by Gasteiger charge is 2.40. The van der Waals surface area contributed by atoms with E-state index in [4.69, 9.17) is 5.11 Å². The Morgan fingerprint density at radius 1 is 1.20 bits per heavy atom. The fourth-order valence-electron chi connectivity index (χ4n) is 3.73. The molecule has 3 rings (SSSR count). The maximum absolute atomic E-state index is 10.7. The van der Waals surface area contributed by atoms with Gasteiger partial charge in [-0.1, -0.05) is 30.3 Å². The maximum atomic E-state index is 10.7. The van der Waals surface area contributed by atoms with Gasteiger partial charge in [0.25, 0.3) is 0 Å². The van der Waals surface area contributed by atoms with Gasteiger partial charge in [0.05, 0.1) is 6.04 Å². The van der Waals surface area contributed by atoms with Gasteiger partial charge in [0, 0.05) is 12.5 Å².